The second-order valence-corrected chi connectivity index (χ2v) is 8.41. The maximum Gasteiger partial charge on any atom is 0.245 e. The molecule has 0 spiro atoms. The molecule has 1 aromatic carbocycles. The average molecular weight is 370 g/mol. The predicted octanol–water partition coefficient (Wildman–Crippen LogP) is 2.43. The smallest absolute Gasteiger partial charge is 0.245 e. The summed E-state index contributed by atoms with van der Waals surface area (Å²) in [7, 11) is 0. The predicted molar refractivity (Wildman–Crippen MR) is 105 cm³/mol. The summed E-state index contributed by atoms with van der Waals surface area (Å²) in [5.74, 6) is 0.606. The second-order valence-electron chi connectivity index (χ2n) is 8.41. The lowest BCUT2D eigenvalue weighted by molar-refractivity contribution is -0.149. The highest BCUT2D eigenvalue weighted by Crippen LogP contribution is 2.33. The molecule has 0 aromatic heterocycles. The normalized spacial score (nSPS) is 24.1. The fourth-order valence-corrected chi connectivity index (χ4v) is 4.42. The van der Waals surface area contributed by atoms with Gasteiger partial charge in [0.1, 0.15) is 6.04 Å². The first-order valence-corrected chi connectivity index (χ1v) is 10.5. The van der Waals surface area contributed by atoms with Gasteiger partial charge in [-0.25, -0.2) is 0 Å². The van der Waals surface area contributed by atoms with E-state index in [1.165, 1.54) is 11.1 Å². The van der Waals surface area contributed by atoms with E-state index in [1.54, 1.807) is 0 Å². The van der Waals surface area contributed by atoms with Crippen molar-refractivity contribution in [1.29, 1.82) is 0 Å². The number of hydrogen-bond acceptors (Lipinski definition) is 3. The molecule has 1 saturated carbocycles. The van der Waals surface area contributed by atoms with Crippen LogP contribution in [0.15, 0.2) is 24.3 Å². The zero-order valence-electron chi connectivity index (χ0n) is 16.4. The number of nitrogens with zero attached hydrogens (tertiary/aromatic N) is 3. The Morgan fingerprint density at radius 3 is 2.44 bits per heavy atom. The van der Waals surface area contributed by atoms with Gasteiger partial charge in [0.05, 0.1) is 0 Å². The van der Waals surface area contributed by atoms with Crippen LogP contribution in [0.1, 0.15) is 43.2 Å². The van der Waals surface area contributed by atoms with Gasteiger partial charge in [-0.1, -0.05) is 29.8 Å². The van der Waals surface area contributed by atoms with Crippen LogP contribution in [0, 0.1) is 12.8 Å². The molecule has 5 heteroatoms. The van der Waals surface area contributed by atoms with Crippen molar-refractivity contribution in [1.82, 2.24) is 14.7 Å². The van der Waals surface area contributed by atoms with Crippen LogP contribution in [0.5, 0.6) is 0 Å². The highest BCUT2D eigenvalue weighted by atomic mass is 16.2. The van der Waals surface area contributed by atoms with Crippen LogP contribution in [0.25, 0.3) is 0 Å². The van der Waals surface area contributed by atoms with E-state index in [-0.39, 0.29) is 23.8 Å². The molecule has 3 aliphatic rings. The number of aryl methyl sites for hydroxylation is 1. The Balaban J connectivity index is 1.32. The number of piperazine rings is 1. The van der Waals surface area contributed by atoms with E-state index >= 15 is 0 Å². The van der Waals surface area contributed by atoms with Gasteiger partial charge in [-0.2, -0.15) is 0 Å². The molecule has 0 radical (unpaired) electrons. The minimum Gasteiger partial charge on any atom is -0.338 e. The molecular weight excluding hydrogens is 338 g/mol. The van der Waals surface area contributed by atoms with Crippen molar-refractivity contribution >= 4 is 11.8 Å². The first-order chi connectivity index (χ1) is 13.1. The lowest BCUT2D eigenvalue weighted by Gasteiger charge is -2.41. The number of carbonyl (C=O) groups is 2. The molecule has 0 N–H and O–H groups in total. The van der Waals surface area contributed by atoms with Gasteiger partial charge in [0.2, 0.25) is 11.8 Å². The number of benzene rings is 1. The molecule has 2 aliphatic heterocycles. The molecule has 2 heterocycles. The van der Waals surface area contributed by atoms with Crippen molar-refractivity contribution in [2.45, 2.75) is 51.6 Å². The summed E-state index contributed by atoms with van der Waals surface area (Å²) in [5.41, 5.74) is 2.63. The number of rotatable bonds is 4. The molecule has 0 unspecified atom stereocenters. The van der Waals surface area contributed by atoms with Crippen molar-refractivity contribution in [2.75, 3.05) is 32.7 Å². The monoisotopic (exact) mass is 369 g/mol. The van der Waals surface area contributed by atoms with E-state index in [2.05, 4.69) is 36.1 Å². The number of likely N-dealkylation sites (tertiary alicyclic amines) is 1. The Bertz CT molecular complexity index is 693. The van der Waals surface area contributed by atoms with E-state index in [1.807, 2.05) is 9.80 Å². The first kappa shape index (κ1) is 18.5. The molecule has 146 valence electrons. The quantitative estimate of drug-likeness (QED) is 0.819. The number of amides is 2. The van der Waals surface area contributed by atoms with Gasteiger partial charge in [0.25, 0.3) is 0 Å². The third-order valence-corrected chi connectivity index (χ3v) is 6.17. The van der Waals surface area contributed by atoms with Crippen LogP contribution in [-0.2, 0) is 16.1 Å². The van der Waals surface area contributed by atoms with Crippen molar-refractivity contribution < 1.29 is 9.59 Å². The molecule has 2 saturated heterocycles. The van der Waals surface area contributed by atoms with Crippen molar-refractivity contribution in [3.05, 3.63) is 35.4 Å². The summed E-state index contributed by atoms with van der Waals surface area (Å²) in [6.45, 7) is 7.18. The molecule has 4 rings (SSSR count). The number of carbonyl (C=O) groups excluding carboxylic acids is 2. The Morgan fingerprint density at radius 2 is 1.74 bits per heavy atom. The third-order valence-electron chi connectivity index (χ3n) is 6.17. The number of piperidine rings is 1. The van der Waals surface area contributed by atoms with E-state index in [0.717, 1.165) is 71.4 Å². The van der Waals surface area contributed by atoms with Crippen LogP contribution in [-0.4, -0.2) is 65.3 Å². The molecule has 1 atom stereocenters. The van der Waals surface area contributed by atoms with Crippen LogP contribution in [0.3, 0.4) is 0 Å². The van der Waals surface area contributed by atoms with Gasteiger partial charge < -0.3 is 9.80 Å². The average Bonchev–Trinajstić information content (AvgIpc) is 3.53. The largest absolute Gasteiger partial charge is 0.338 e. The minimum atomic E-state index is -0.213. The van der Waals surface area contributed by atoms with E-state index in [9.17, 15) is 9.59 Å². The lowest BCUT2D eigenvalue weighted by Crippen LogP contribution is -2.57. The van der Waals surface area contributed by atoms with Gasteiger partial charge in [-0.3, -0.25) is 14.5 Å². The Kier molecular flexibility index (Phi) is 5.48. The van der Waals surface area contributed by atoms with Crippen molar-refractivity contribution in [3.63, 3.8) is 0 Å². The van der Waals surface area contributed by atoms with Gasteiger partial charge in [-0.15, -0.1) is 0 Å². The summed E-state index contributed by atoms with van der Waals surface area (Å²) >= 11 is 0. The SMILES string of the molecule is Cc1cccc(CN2CCN(C(=O)[C@H]3CCCCN3C(=O)C3CC3)CC2)c1. The lowest BCUT2D eigenvalue weighted by atomic mass is 9.99. The maximum atomic E-state index is 13.1. The zero-order chi connectivity index (χ0) is 18.8. The van der Waals surface area contributed by atoms with Crippen LogP contribution in [0.4, 0.5) is 0 Å². The van der Waals surface area contributed by atoms with Gasteiger partial charge in [0.15, 0.2) is 0 Å². The van der Waals surface area contributed by atoms with Gasteiger partial charge in [0, 0.05) is 45.2 Å². The van der Waals surface area contributed by atoms with Gasteiger partial charge >= 0.3 is 0 Å². The summed E-state index contributed by atoms with van der Waals surface area (Å²) in [6, 6.07) is 8.43. The van der Waals surface area contributed by atoms with Crippen molar-refractivity contribution in [3.8, 4) is 0 Å². The minimum absolute atomic E-state index is 0.180. The Labute approximate surface area is 162 Å². The second kappa shape index (κ2) is 8.01. The fraction of sp³-hybridized carbons (Fsp3) is 0.636. The Morgan fingerprint density at radius 1 is 0.963 bits per heavy atom. The summed E-state index contributed by atoms with van der Waals surface area (Å²) in [6.07, 6.45) is 4.94. The Hall–Kier alpha value is -1.88. The molecule has 1 aliphatic carbocycles. The maximum absolute atomic E-state index is 13.1. The van der Waals surface area contributed by atoms with Crippen molar-refractivity contribution in [2.24, 2.45) is 5.92 Å². The summed E-state index contributed by atoms with van der Waals surface area (Å²) < 4.78 is 0. The standard InChI is InChI=1S/C22H31N3O2/c1-17-5-4-6-18(15-17)16-23-11-13-24(14-12-23)22(27)20-7-2-3-10-25(20)21(26)19-8-9-19/h4-6,15,19-20H,2-3,7-14,16H2,1H3/t20-/m1/s1. The van der Waals surface area contributed by atoms with Crippen LogP contribution < -0.4 is 0 Å². The highest BCUT2D eigenvalue weighted by molar-refractivity contribution is 5.89. The van der Waals surface area contributed by atoms with Crippen LogP contribution >= 0.6 is 0 Å². The van der Waals surface area contributed by atoms with E-state index in [0.29, 0.717) is 0 Å². The molecule has 2 amide bonds. The van der Waals surface area contributed by atoms with E-state index < -0.39 is 0 Å². The summed E-state index contributed by atoms with van der Waals surface area (Å²) in [5, 5.41) is 0. The van der Waals surface area contributed by atoms with Gasteiger partial charge in [-0.05, 0) is 44.6 Å². The number of hydrogen-bond donors (Lipinski definition) is 0. The molecule has 0 bridgehead atoms. The molecule has 27 heavy (non-hydrogen) atoms. The zero-order valence-corrected chi connectivity index (χ0v) is 16.4. The highest BCUT2D eigenvalue weighted by Gasteiger charge is 2.41. The molecule has 1 aromatic rings. The van der Waals surface area contributed by atoms with E-state index in [4.69, 9.17) is 0 Å². The topological polar surface area (TPSA) is 43.9 Å². The summed E-state index contributed by atoms with van der Waals surface area (Å²) in [4.78, 5) is 32.0. The fourth-order valence-electron chi connectivity index (χ4n) is 4.42. The van der Waals surface area contributed by atoms with Crippen LogP contribution in [0.2, 0.25) is 0 Å². The molecule has 5 nitrogen and oxygen atoms in total. The third kappa shape index (κ3) is 4.34. The molecular formula is C22H31N3O2. The molecule has 3 fully saturated rings. The first-order valence-electron chi connectivity index (χ1n) is 10.5.